The van der Waals surface area contributed by atoms with Gasteiger partial charge in [0.1, 0.15) is 0 Å². The van der Waals surface area contributed by atoms with Crippen molar-refractivity contribution in [3.05, 3.63) is 47.0 Å². The highest BCUT2D eigenvalue weighted by atomic mass is 16.5. The van der Waals surface area contributed by atoms with Gasteiger partial charge >= 0.3 is 5.97 Å². The number of esters is 1. The molecule has 1 atom stereocenters. The minimum Gasteiger partial charge on any atom is -0.465 e. The summed E-state index contributed by atoms with van der Waals surface area (Å²) in [6.07, 6.45) is 13.9. The second-order valence-corrected chi connectivity index (χ2v) is 8.13. The van der Waals surface area contributed by atoms with Crippen molar-refractivity contribution in [3.8, 4) is 0 Å². The number of likely N-dealkylation sites (tertiary alicyclic amines) is 1. The van der Waals surface area contributed by atoms with E-state index in [9.17, 15) is 4.79 Å². The predicted molar refractivity (Wildman–Crippen MR) is 107 cm³/mol. The van der Waals surface area contributed by atoms with Gasteiger partial charge in [0.05, 0.1) is 24.4 Å². The topological polar surface area (TPSA) is 60.2 Å². The maximum absolute atomic E-state index is 12.0. The molecule has 2 aromatic rings. The van der Waals surface area contributed by atoms with E-state index in [0.29, 0.717) is 18.0 Å². The fourth-order valence-electron chi connectivity index (χ4n) is 4.44. The minimum absolute atomic E-state index is 0.317. The molecule has 0 N–H and O–H groups in total. The van der Waals surface area contributed by atoms with Gasteiger partial charge in [0, 0.05) is 37.6 Å². The Morgan fingerprint density at radius 3 is 2.71 bits per heavy atom. The molecule has 6 heteroatoms. The van der Waals surface area contributed by atoms with Crippen LogP contribution in [-0.4, -0.2) is 51.9 Å². The number of aryl methyl sites for hydroxylation is 1. The van der Waals surface area contributed by atoms with Crippen LogP contribution in [0.2, 0.25) is 0 Å². The van der Waals surface area contributed by atoms with Crippen molar-refractivity contribution >= 4 is 5.97 Å². The SMILES string of the molecule is COC(=O)c1ccncc1Cc1cn([C@H]2CCCN(C3CCC3)CC2)nc1C. The van der Waals surface area contributed by atoms with Crippen molar-refractivity contribution in [1.29, 1.82) is 0 Å². The summed E-state index contributed by atoms with van der Waals surface area (Å²) in [5, 5.41) is 4.83. The van der Waals surface area contributed by atoms with Crippen molar-refractivity contribution in [3.63, 3.8) is 0 Å². The number of nitrogens with zero attached hydrogens (tertiary/aromatic N) is 4. The number of ether oxygens (including phenoxy) is 1. The maximum atomic E-state index is 12.0. The van der Waals surface area contributed by atoms with E-state index < -0.39 is 0 Å². The Balaban J connectivity index is 1.47. The van der Waals surface area contributed by atoms with E-state index >= 15 is 0 Å². The van der Waals surface area contributed by atoms with E-state index in [4.69, 9.17) is 9.84 Å². The third kappa shape index (κ3) is 3.97. The van der Waals surface area contributed by atoms with Gasteiger partial charge in [-0.15, -0.1) is 0 Å². The Morgan fingerprint density at radius 1 is 1.14 bits per heavy atom. The fraction of sp³-hybridized carbons (Fsp3) is 0.591. The van der Waals surface area contributed by atoms with Crippen LogP contribution in [0.5, 0.6) is 0 Å². The third-order valence-electron chi connectivity index (χ3n) is 6.41. The van der Waals surface area contributed by atoms with Crippen LogP contribution in [0.4, 0.5) is 0 Å². The molecule has 28 heavy (non-hydrogen) atoms. The predicted octanol–water partition coefficient (Wildman–Crippen LogP) is 3.54. The van der Waals surface area contributed by atoms with Gasteiger partial charge in [-0.1, -0.05) is 6.42 Å². The minimum atomic E-state index is -0.317. The lowest BCUT2D eigenvalue weighted by Gasteiger charge is -2.36. The van der Waals surface area contributed by atoms with Crippen molar-refractivity contribution in [2.24, 2.45) is 0 Å². The molecule has 3 heterocycles. The first-order chi connectivity index (χ1) is 13.7. The standard InChI is InChI=1S/C22H30N4O2/c1-16-18(13-17-14-23-10-8-21(17)22(27)28-2)15-26(24-16)20-7-4-11-25(12-9-20)19-5-3-6-19/h8,10,14-15,19-20H,3-7,9,11-13H2,1-2H3/t20-/m0/s1. The Morgan fingerprint density at radius 2 is 1.96 bits per heavy atom. The molecule has 1 aliphatic carbocycles. The summed E-state index contributed by atoms with van der Waals surface area (Å²) in [5.41, 5.74) is 3.64. The zero-order valence-corrected chi connectivity index (χ0v) is 16.9. The fourth-order valence-corrected chi connectivity index (χ4v) is 4.44. The Hall–Kier alpha value is -2.21. The number of rotatable bonds is 5. The van der Waals surface area contributed by atoms with Gasteiger partial charge in [0.25, 0.3) is 0 Å². The molecule has 4 rings (SSSR count). The molecule has 150 valence electrons. The third-order valence-corrected chi connectivity index (χ3v) is 6.41. The van der Waals surface area contributed by atoms with E-state index in [-0.39, 0.29) is 5.97 Å². The lowest BCUT2D eigenvalue weighted by atomic mass is 9.91. The summed E-state index contributed by atoms with van der Waals surface area (Å²) < 4.78 is 7.08. The number of aromatic nitrogens is 3. The van der Waals surface area contributed by atoms with Gasteiger partial charge in [0.15, 0.2) is 0 Å². The van der Waals surface area contributed by atoms with Crippen molar-refractivity contribution in [2.75, 3.05) is 20.2 Å². The van der Waals surface area contributed by atoms with E-state index in [2.05, 4.69) is 27.7 Å². The van der Waals surface area contributed by atoms with Crippen LogP contribution in [0.25, 0.3) is 0 Å². The van der Waals surface area contributed by atoms with Gasteiger partial charge in [0.2, 0.25) is 0 Å². The van der Waals surface area contributed by atoms with Gasteiger partial charge in [-0.05, 0) is 62.8 Å². The van der Waals surface area contributed by atoms with Crippen LogP contribution in [0.15, 0.2) is 24.7 Å². The van der Waals surface area contributed by atoms with Crippen molar-refractivity contribution in [1.82, 2.24) is 19.7 Å². The summed E-state index contributed by atoms with van der Waals surface area (Å²) in [6, 6.07) is 3.02. The average Bonchev–Trinajstić information content (AvgIpc) is 2.87. The summed E-state index contributed by atoms with van der Waals surface area (Å²) in [5.74, 6) is -0.317. The smallest absolute Gasteiger partial charge is 0.338 e. The number of hydrogen-bond donors (Lipinski definition) is 0. The van der Waals surface area contributed by atoms with Crippen LogP contribution in [0.3, 0.4) is 0 Å². The van der Waals surface area contributed by atoms with E-state index in [0.717, 1.165) is 29.3 Å². The van der Waals surface area contributed by atoms with Crippen molar-refractivity contribution < 1.29 is 9.53 Å². The van der Waals surface area contributed by atoms with Gasteiger partial charge in [-0.3, -0.25) is 9.67 Å². The summed E-state index contributed by atoms with van der Waals surface area (Å²) in [6.45, 7) is 4.46. The van der Waals surface area contributed by atoms with Gasteiger partial charge in [-0.2, -0.15) is 5.10 Å². The molecule has 1 aliphatic heterocycles. The van der Waals surface area contributed by atoms with Gasteiger partial charge < -0.3 is 9.64 Å². The molecule has 2 aliphatic rings. The van der Waals surface area contributed by atoms with Crippen LogP contribution in [-0.2, 0) is 11.2 Å². The zero-order valence-electron chi connectivity index (χ0n) is 16.9. The first-order valence-corrected chi connectivity index (χ1v) is 10.5. The van der Waals surface area contributed by atoms with E-state index in [1.54, 1.807) is 18.5 Å². The first kappa shape index (κ1) is 19.1. The molecule has 0 bridgehead atoms. The molecule has 0 unspecified atom stereocenters. The second kappa shape index (κ2) is 8.43. The first-order valence-electron chi connectivity index (χ1n) is 10.5. The van der Waals surface area contributed by atoms with E-state index in [1.165, 1.54) is 52.3 Å². The molecule has 1 saturated heterocycles. The molecule has 2 aromatic heterocycles. The molecule has 0 radical (unpaired) electrons. The highest BCUT2D eigenvalue weighted by Gasteiger charge is 2.28. The number of hydrogen-bond acceptors (Lipinski definition) is 5. The lowest BCUT2D eigenvalue weighted by Crippen LogP contribution is -2.40. The molecule has 0 spiro atoms. The molecular formula is C22H30N4O2. The quantitative estimate of drug-likeness (QED) is 0.740. The van der Waals surface area contributed by atoms with Crippen LogP contribution in [0, 0.1) is 6.92 Å². The summed E-state index contributed by atoms with van der Waals surface area (Å²) >= 11 is 0. The maximum Gasteiger partial charge on any atom is 0.338 e. The summed E-state index contributed by atoms with van der Waals surface area (Å²) in [4.78, 5) is 18.9. The highest BCUT2D eigenvalue weighted by Crippen LogP contribution is 2.30. The molecule has 1 saturated carbocycles. The van der Waals surface area contributed by atoms with Crippen LogP contribution in [0.1, 0.15) is 71.7 Å². The Kier molecular flexibility index (Phi) is 5.76. The highest BCUT2D eigenvalue weighted by molar-refractivity contribution is 5.90. The molecule has 0 amide bonds. The Bertz CT molecular complexity index is 828. The molecular weight excluding hydrogens is 352 g/mol. The number of methoxy groups -OCH3 is 1. The number of carbonyl (C=O) groups excluding carboxylic acids is 1. The average molecular weight is 383 g/mol. The van der Waals surface area contributed by atoms with Crippen LogP contribution >= 0.6 is 0 Å². The number of pyridine rings is 1. The van der Waals surface area contributed by atoms with Gasteiger partial charge in [-0.25, -0.2) is 4.79 Å². The number of carbonyl (C=O) groups is 1. The molecule has 2 fully saturated rings. The monoisotopic (exact) mass is 382 g/mol. The van der Waals surface area contributed by atoms with Crippen LogP contribution < -0.4 is 0 Å². The normalized spacial score (nSPS) is 21.1. The Labute approximate surface area is 166 Å². The zero-order chi connectivity index (χ0) is 19.5. The molecule has 6 nitrogen and oxygen atoms in total. The largest absolute Gasteiger partial charge is 0.465 e. The lowest BCUT2D eigenvalue weighted by molar-refractivity contribution is 0.0599. The summed E-state index contributed by atoms with van der Waals surface area (Å²) in [7, 11) is 1.41. The van der Waals surface area contributed by atoms with Crippen molar-refractivity contribution in [2.45, 2.75) is 64.0 Å². The van der Waals surface area contributed by atoms with E-state index in [1.807, 2.05) is 0 Å². The molecule has 0 aromatic carbocycles. The second-order valence-electron chi connectivity index (χ2n) is 8.13.